The third kappa shape index (κ3) is 1.42. The summed E-state index contributed by atoms with van der Waals surface area (Å²) < 4.78 is 4.96. The van der Waals surface area contributed by atoms with Crippen molar-refractivity contribution in [3.63, 3.8) is 0 Å². The molecule has 1 radical (unpaired) electrons. The molecule has 0 aliphatic heterocycles. The van der Waals surface area contributed by atoms with E-state index in [4.69, 9.17) is 4.42 Å². The highest BCUT2D eigenvalue weighted by atomic mass is 16.3. The van der Waals surface area contributed by atoms with Crippen LogP contribution in [-0.4, -0.2) is 0 Å². The summed E-state index contributed by atoms with van der Waals surface area (Å²) in [5.41, 5.74) is 2.14. The Balaban J connectivity index is 2.22. The molecule has 0 N–H and O–H groups in total. The van der Waals surface area contributed by atoms with Gasteiger partial charge >= 0.3 is 0 Å². The van der Waals surface area contributed by atoms with Crippen molar-refractivity contribution in [2.45, 2.75) is 0 Å². The Labute approximate surface area is 88.0 Å². The van der Waals surface area contributed by atoms with Gasteiger partial charge in [-0.2, -0.15) is 0 Å². The summed E-state index contributed by atoms with van der Waals surface area (Å²) in [6.45, 7) is 0. The molecule has 1 aromatic heterocycles. The summed E-state index contributed by atoms with van der Waals surface area (Å²) in [6.07, 6.45) is 4.49. The van der Waals surface area contributed by atoms with Crippen molar-refractivity contribution in [3.8, 4) is 11.1 Å². The van der Waals surface area contributed by atoms with Crippen LogP contribution in [0.2, 0.25) is 0 Å². The Morgan fingerprint density at radius 1 is 0.867 bits per heavy atom. The predicted molar refractivity (Wildman–Crippen MR) is 60.5 cm³/mol. The van der Waals surface area contributed by atoms with Gasteiger partial charge in [-0.3, -0.25) is 0 Å². The van der Waals surface area contributed by atoms with E-state index in [0.717, 1.165) is 11.1 Å². The van der Waals surface area contributed by atoms with Crippen LogP contribution < -0.4 is 0 Å². The lowest BCUT2D eigenvalue weighted by molar-refractivity contribution is 0.559. The van der Waals surface area contributed by atoms with Crippen LogP contribution in [0.4, 0.5) is 0 Å². The van der Waals surface area contributed by atoms with Gasteiger partial charge in [-0.1, -0.05) is 36.4 Å². The monoisotopic (exact) mass is 193 g/mol. The molecule has 3 rings (SSSR count). The molecule has 0 fully saturated rings. The third-order valence-corrected chi connectivity index (χ3v) is 2.53. The highest BCUT2D eigenvalue weighted by molar-refractivity contribution is 5.87. The fourth-order valence-corrected chi connectivity index (χ4v) is 1.75. The highest BCUT2D eigenvalue weighted by Crippen LogP contribution is 2.24. The summed E-state index contributed by atoms with van der Waals surface area (Å²) in [4.78, 5) is 0. The van der Waals surface area contributed by atoms with E-state index in [9.17, 15) is 0 Å². The summed E-state index contributed by atoms with van der Waals surface area (Å²) in [6, 6.07) is 16.6. The summed E-state index contributed by atoms with van der Waals surface area (Å²) in [5, 5.41) is 2.49. The lowest BCUT2D eigenvalue weighted by atomic mass is 10.0. The Hall–Kier alpha value is -2.02. The maximum Gasteiger partial charge on any atom is 0.177 e. The quantitative estimate of drug-likeness (QED) is 0.571. The molecule has 15 heavy (non-hydrogen) atoms. The normalized spacial score (nSPS) is 10.7. The molecule has 1 heterocycles. The van der Waals surface area contributed by atoms with E-state index in [-0.39, 0.29) is 0 Å². The van der Waals surface area contributed by atoms with Gasteiger partial charge in [0, 0.05) is 5.56 Å². The van der Waals surface area contributed by atoms with Gasteiger partial charge in [0.15, 0.2) is 6.26 Å². The molecule has 1 heteroatoms. The van der Waals surface area contributed by atoms with Crippen LogP contribution in [-0.2, 0) is 0 Å². The Morgan fingerprint density at radius 3 is 2.53 bits per heavy atom. The summed E-state index contributed by atoms with van der Waals surface area (Å²) >= 11 is 0. The first-order chi connectivity index (χ1) is 7.43. The van der Waals surface area contributed by atoms with Crippen molar-refractivity contribution in [3.05, 3.63) is 61.1 Å². The second-order valence-electron chi connectivity index (χ2n) is 3.50. The van der Waals surface area contributed by atoms with Crippen molar-refractivity contribution in [1.82, 2.24) is 0 Å². The van der Waals surface area contributed by atoms with Crippen LogP contribution in [0.3, 0.4) is 0 Å². The molecule has 0 unspecified atom stereocenters. The average Bonchev–Trinajstić information content (AvgIpc) is 2.82. The molecule has 0 spiro atoms. The Bertz CT molecular complexity index is 579. The fourth-order valence-electron chi connectivity index (χ4n) is 1.75. The number of furan rings is 1. The van der Waals surface area contributed by atoms with Gasteiger partial charge in [0.05, 0.1) is 6.26 Å². The molecule has 71 valence electrons. The molecule has 2 aromatic carbocycles. The third-order valence-electron chi connectivity index (χ3n) is 2.53. The minimum absolute atomic E-state index is 1.00. The number of rotatable bonds is 1. The number of hydrogen-bond donors (Lipinski definition) is 0. The van der Waals surface area contributed by atoms with E-state index >= 15 is 0 Å². The molecule has 1 nitrogen and oxygen atoms in total. The van der Waals surface area contributed by atoms with Crippen molar-refractivity contribution < 1.29 is 4.42 Å². The van der Waals surface area contributed by atoms with Crippen LogP contribution in [0.1, 0.15) is 0 Å². The van der Waals surface area contributed by atoms with Gasteiger partial charge in [0.2, 0.25) is 0 Å². The molecule has 0 amide bonds. The molecule has 0 bridgehead atoms. The zero-order valence-corrected chi connectivity index (χ0v) is 8.10. The highest BCUT2D eigenvalue weighted by Gasteiger charge is 2.00. The topological polar surface area (TPSA) is 13.1 Å². The molecule has 0 aliphatic rings. The first kappa shape index (κ1) is 8.30. The fraction of sp³-hybridized carbons (Fsp3) is 0. The van der Waals surface area contributed by atoms with E-state index in [1.807, 2.05) is 18.2 Å². The van der Waals surface area contributed by atoms with E-state index < -0.39 is 0 Å². The number of benzene rings is 2. The van der Waals surface area contributed by atoms with Crippen molar-refractivity contribution in [2.75, 3.05) is 0 Å². The lowest BCUT2D eigenvalue weighted by Crippen LogP contribution is -1.75. The predicted octanol–water partition coefficient (Wildman–Crippen LogP) is 3.90. The van der Waals surface area contributed by atoms with Gasteiger partial charge in [-0.15, -0.1) is 0 Å². The summed E-state index contributed by atoms with van der Waals surface area (Å²) in [7, 11) is 0. The minimum atomic E-state index is 1.00. The maximum atomic E-state index is 4.96. The standard InChI is InChI=1S/C14H9O/c1-2-4-12-9-13(6-5-11(12)3-1)14-7-8-15-10-14/h1-9H. The van der Waals surface area contributed by atoms with Crippen LogP contribution >= 0.6 is 0 Å². The van der Waals surface area contributed by atoms with Gasteiger partial charge < -0.3 is 4.42 Å². The largest absolute Gasteiger partial charge is 0.460 e. The lowest BCUT2D eigenvalue weighted by Gasteiger charge is -2.00. The second-order valence-corrected chi connectivity index (χ2v) is 3.50. The zero-order valence-electron chi connectivity index (χ0n) is 8.10. The van der Waals surface area contributed by atoms with E-state index in [0.29, 0.717) is 0 Å². The molecule has 0 saturated heterocycles. The molecule has 0 atom stereocenters. The number of fused-ring (bicyclic) bond motifs is 1. The van der Waals surface area contributed by atoms with Crippen LogP contribution in [0.15, 0.2) is 59.2 Å². The molecular weight excluding hydrogens is 184 g/mol. The van der Waals surface area contributed by atoms with E-state index in [2.05, 4.69) is 36.6 Å². The molecular formula is C14H9O. The smallest absolute Gasteiger partial charge is 0.177 e. The SMILES string of the molecule is [c]1occc1-c1ccc2ccccc2c1. The maximum absolute atomic E-state index is 4.96. The van der Waals surface area contributed by atoms with Crippen LogP contribution in [0.25, 0.3) is 21.9 Å². The molecule has 0 aliphatic carbocycles. The Morgan fingerprint density at radius 2 is 1.73 bits per heavy atom. The molecule has 0 saturated carbocycles. The second kappa shape index (κ2) is 3.28. The van der Waals surface area contributed by atoms with E-state index in [1.54, 1.807) is 6.26 Å². The summed E-state index contributed by atoms with van der Waals surface area (Å²) in [5.74, 6) is 0. The van der Waals surface area contributed by atoms with Gasteiger partial charge in [0.1, 0.15) is 0 Å². The average molecular weight is 193 g/mol. The van der Waals surface area contributed by atoms with Crippen molar-refractivity contribution in [2.24, 2.45) is 0 Å². The van der Waals surface area contributed by atoms with Gasteiger partial charge in [-0.05, 0) is 28.5 Å². The minimum Gasteiger partial charge on any atom is -0.460 e. The van der Waals surface area contributed by atoms with Crippen molar-refractivity contribution in [1.29, 1.82) is 0 Å². The van der Waals surface area contributed by atoms with E-state index in [1.165, 1.54) is 10.8 Å². The van der Waals surface area contributed by atoms with Crippen LogP contribution in [0.5, 0.6) is 0 Å². The first-order valence-electron chi connectivity index (χ1n) is 4.88. The van der Waals surface area contributed by atoms with Crippen LogP contribution in [0, 0.1) is 6.26 Å². The van der Waals surface area contributed by atoms with Gasteiger partial charge in [-0.25, -0.2) is 0 Å². The number of hydrogen-bond acceptors (Lipinski definition) is 1. The van der Waals surface area contributed by atoms with Crippen molar-refractivity contribution >= 4 is 10.8 Å². The zero-order chi connectivity index (χ0) is 10.1. The first-order valence-corrected chi connectivity index (χ1v) is 4.88. The van der Waals surface area contributed by atoms with Gasteiger partial charge in [0.25, 0.3) is 0 Å². The Kier molecular flexibility index (Phi) is 1.82. The molecule has 3 aromatic rings.